The molecule has 2 fully saturated rings. The summed E-state index contributed by atoms with van der Waals surface area (Å²) in [5.41, 5.74) is 0. The van der Waals surface area contributed by atoms with Crippen LogP contribution in [0.4, 0.5) is 0 Å². The second-order valence-corrected chi connectivity index (χ2v) is 7.43. The molecule has 22 heavy (non-hydrogen) atoms. The highest BCUT2D eigenvalue weighted by Crippen LogP contribution is 2.27. The van der Waals surface area contributed by atoms with Crippen molar-refractivity contribution in [2.45, 2.75) is 23.8 Å². The molecule has 0 saturated carbocycles. The fourth-order valence-electron chi connectivity index (χ4n) is 3.00. The summed E-state index contributed by atoms with van der Waals surface area (Å²) in [6, 6.07) is 7.89. The van der Waals surface area contributed by atoms with Gasteiger partial charge in [-0.05, 0) is 18.6 Å². The number of ether oxygens (including phenoxy) is 1. The van der Waals surface area contributed by atoms with Crippen LogP contribution in [-0.4, -0.2) is 62.4 Å². The van der Waals surface area contributed by atoms with Crippen LogP contribution in [0.3, 0.4) is 0 Å². The Morgan fingerprint density at radius 2 is 1.82 bits per heavy atom. The number of hydrogen-bond donors (Lipinski definition) is 0. The Bertz CT molecular complexity index is 626. The predicted octanol–water partition coefficient (Wildman–Crippen LogP) is 0.699. The summed E-state index contributed by atoms with van der Waals surface area (Å²) in [6.45, 7) is 3.47. The van der Waals surface area contributed by atoms with Crippen LogP contribution in [0.5, 0.6) is 0 Å². The zero-order valence-electron chi connectivity index (χ0n) is 12.3. The third-order valence-electron chi connectivity index (χ3n) is 4.14. The molecule has 0 aliphatic carbocycles. The van der Waals surface area contributed by atoms with Crippen molar-refractivity contribution in [2.75, 3.05) is 32.8 Å². The summed E-state index contributed by atoms with van der Waals surface area (Å²) in [7, 11) is -3.76. The average molecular weight is 324 g/mol. The molecule has 0 N–H and O–H groups in total. The van der Waals surface area contributed by atoms with Crippen LogP contribution in [0, 0.1) is 0 Å². The number of amides is 1. The first kappa shape index (κ1) is 15.5. The van der Waals surface area contributed by atoms with E-state index in [1.165, 1.54) is 12.1 Å². The van der Waals surface area contributed by atoms with Gasteiger partial charge in [0.05, 0.1) is 24.2 Å². The van der Waals surface area contributed by atoms with Crippen LogP contribution in [0.15, 0.2) is 35.2 Å². The smallest absolute Gasteiger partial charge is 0.266 e. The van der Waals surface area contributed by atoms with Gasteiger partial charge in [-0.15, -0.1) is 0 Å². The Balaban J connectivity index is 1.81. The van der Waals surface area contributed by atoms with Gasteiger partial charge in [-0.1, -0.05) is 18.2 Å². The van der Waals surface area contributed by atoms with Gasteiger partial charge in [0.25, 0.3) is 10.0 Å². The minimum Gasteiger partial charge on any atom is -0.379 e. The van der Waals surface area contributed by atoms with E-state index in [9.17, 15) is 13.2 Å². The highest BCUT2D eigenvalue weighted by molar-refractivity contribution is 7.89. The number of benzene rings is 1. The Labute approximate surface area is 130 Å². The van der Waals surface area contributed by atoms with Crippen LogP contribution in [0.25, 0.3) is 0 Å². The van der Waals surface area contributed by atoms with Crippen molar-refractivity contribution in [3.8, 4) is 0 Å². The van der Waals surface area contributed by atoms with E-state index >= 15 is 0 Å². The molecule has 2 aliphatic heterocycles. The molecule has 0 unspecified atom stereocenters. The summed E-state index contributed by atoms with van der Waals surface area (Å²) >= 11 is 0. The van der Waals surface area contributed by atoms with Gasteiger partial charge in [-0.2, -0.15) is 0 Å². The molecule has 0 bridgehead atoms. The lowest BCUT2D eigenvalue weighted by Gasteiger charge is -2.32. The number of carbonyl (C=O) groups excluding carboxylic acids is 1. The molecule has 120 valence electrons. The largest absolute Gasteiger partial charge is 0.379 e. The maximum absolute atomic E-state index is 12.8. The van der Waals surface area contributed by atoms with Crippen LogP contribution in [-0.2, 0) is 19.6 Å². The van der Waals surface area contributed by atoms with Crippen molar-refractivity contribution in [3.05, 3.63) is 30.3 Å². The zero-order valence-corrected chi connectivity index (χ0v) is 13.2. The minimum absolute atomic E-state index is 0.178. The number of hydrogen-bond acceptors (Lipinski definition) is 5. The summed E-state index contributed by atoms with van der Waals surface area (Å²) in [5.74, 6) is -0.304. The molecular formula is C15H20N2O4S. The summed E-state index contributed by atoms with van der Waals surface area (Å²) in [4.78, 5) is 14.5. The maximum Gasteiger partial charge on any atom is 0.266 e. The molecule has 3 rings (SSSR count). The van der Waals surface area contributed by atoms with E-state index in [0.717, 1.165) is 17.4 Å². The van der Waals surface area contributed by atoms with Gasteiger partial charge in [0.1, 0.15) is 0 Å². The van der Waals surface area contributed by atoms with E-state index < -0.39 is 10.0 Å². The molecule has 1 aromatic carbocycles. The van der Waals surface area contributed by atoms with Gasteiger partial charge >= 0.3 is 0 Å². The van der Waals surface area contributed by atoms with Gasteiger partial charge in [0.15, 0.2) is 0 Å². The SMILES string of the molecule is O=C1CC[C@@H](CN2CCOCC2)N1S(=O)(=O)c1ccccc1. The standard InChI is InChI=1S/C15H20N2O4S/c18-15-7-6-13(12-16-8-10-21-11-9-16)17(15)22(19,20)14-4-2-1-3-5-14/h1-5,13H,6-12H2/t13-/m0/s1. The average Bonchev–Trinajstić information content (AvgIpc) is 2.90. The Kier molecular flexibility index (Phi) is 4.46. The summed E-state index contributed by atoms with van der Waals surface area (Å²) in [6.07, 6.45) is 0.878. The lowest BCUT2D eigenvalue weighted by atomic mass is 10.2. The molecule has 2 saturated heterocycles. The second-order valence-electron chi connectivity index (χ2n) is 5.61. The molecule has 0 spiro atoms. The molecule has 0 radical (unpaired) electrons. The van der Waals surface area contributed by atoms with Gasteiger partial charge < -0.3 is 4.74 Å². The number of sulfonamides is 1. The normalized spacial score (nSPS) is 23.9. The lowest BCUT2D eigenvalue weighted by molar-refractivity contribution is -0.124. The Morgan fingerprint density at radius 1 is 1.14 bits per heavy atom. The molecule has 7 heteroatoms. The first-order valence-electron chi connectivity index (χ1n) is 7.51. The topological polar surface area (TPSA) is 66.9 Å². The van der Waals surface area contributed by atoms with Crippen molar-refractivity contribution >= 4 is 15.9 Å². The van der Waals surface area contributed by atoms with Crippen molar-refractivity contribution < 1.29 is 17.9 Å². The van der Waals surface area contributed by atoms with Crippen molar-refractivity contribution in [2.24, 2.45) is 0 Å². The molecule has 2 aliphatic rings. The van der Waals surface area contributed by atoms with E-state index in [1.54, 1.807) is 18.2 Å². The minimum atomic E-state index is -3.76. The first-order valence-corrected chi connectivity index (χ1v) is 8.95. The number of rotatable bonds is 4. The van der Waals surface area contributed by atoms with Crippen LogP contribution < -0.4 is 0 Å². The van der Waals surface area contributed by atoms with Crippen molar-refractivity contribution in [1.29, 1.82) is 0 Å². The lowest BCUT2D eigenvalue weighted by Crippen LogP contribution is -2.47. The van der Waals surface area contributed by atoms with Crippen LogP contribution in [0.1, 0.15) is 12.8 Å². The van der Waals surface area contributed by atoms with E-state index in [1.807, 2.05) is 0 Å². The zero-order chi connectivity index (χ0) is 15.6. The molecular weight excluding hydrogens is 304 g/mol. The van der Waals surface area contributed by atoms with E-state index in [4.69, 9.17) is 4.74 Å². The molecule has 1 aromatic rings. The summed E-state index contributed by atoms with van der Waals surface area (Å²) in [5, 5.41) is 0. The van der Waals surface area contributed by atoms with E-state index in [0.29, 0.717) is 32.6 Å². The Hall–Kier alpha value is -1.44. The van der Waals surface area contributed by atoms with Crippen molar-refractivity contribution in [3.63, 3.8) is 0 Å². The molecule has 2 heterocycles. The summed E-state index contributed by atoms with van der Waals surface area (Å²) < 4.78 is 31.9. The predicted molar refractivity (Wildman–Crippen MR) is 80.8 cm³/mol. The fraction of sp³-hybridized carbons (Fsp3) is 0.533. The number of carbonyl (C=O) groups is 1. The van der Waals surface area contributed by atoms with E-state index in [2.05, 4.69) is 4.90 Å². The third kappa shape index (κ3) is 3.02. The highest BCUT2D eigenvalue weighted by atomic mass is 32.2. The fourth-order valence-corrected chi connectivity index (χ4v) is 4.66. The first-order chi connectivity index (χ1) is 10.6. The number of morpholine rings is 1. The van der Waals surface area contributed by atoms with Gasteiger partial charge in [0, 0.05) is 26.1 Å². The molecule has 1 atom stereocenters. The van der Waals surface area contributed by atoms with E-state index in [-0.39, 0.29) is 16.8 Å². The second kappa shape index (κ2) is 6.36. The molecule has 6 nitrogen and oxygen atoms in total. The molecule has 0 aromatic heterocycles. The maximum atomic E-state index is 12.8. The van der Waals surface area contributed by atoms with Gasteiger partial charge in [-0.3, -0.25) is 9.69 Å². The quantitative estimate of drug-likeness (QED) is 0.815. The number of nitrogens with zero attached hydrogens (tertiary/aromatic N) is 2. The Morgan fingerprint density at radius 3 is 2.50 bits per heavy atom. The monoisotopic (exact) mass is 324 g/mol. The van der Waals surface area contributed by atoms with Gasteiger partial charge in [-0.25, -0.2) is 12.7 Å². The van der Waals surface area contributed by atoms with Crippen LogP contribution >= 0.6 is 0 Å². The molecule has 1 amide bonds. The van der Waals surface area contributed by atoms with Gasteiger partial charge in [0.2, 0.25) is 5.91 Å². The van der Waals surface area contributed by atoms with Crippen molar-refractivity contribution in [1.82, 2.24) is 9.21 Å². The highest BCUT2D eigenvalue weighted by Gasteiger charge is 2.41. The third-order valence-corrected chi connectivity index (χ3v) is 6.03. The van der Waals surface area contributed by atoms with Crippen LogP contribution in [0.2, 0.25) is 0 Å².